The fourth-order valence-corrected chi connectivity index (χ4v) is 1.57. The molecular formula is C16H16N2O6. The molecule has 0 radical (unpaired) electrons. The van der Waals surface area contributed by atoms with Crippen LogP contribution in [0.4, 0.5) is 0 Å². The third kappa shape index (κ3) is 8.13. The summed E-state index contributed by atoms with van der Waals surface area (Å²) in [5, 5.41) is 21.9. The van der Waals surface area contributed by atoms with Crippen LogP contribution in [0, 0.1) is 0 Å². The molecule has 0 atom stereocenters. The number of benzene rings is 1. The van der Waals surface area contributed by atoms with Crippen molar-refractivity contribution in [3.63, 3.8) is 0 Å². The summed E-state index contributed by atoms with van der Waals surface area (Å²) in [6, 6.07) is 6.98. The van der Waals surface area contributed by atoms with Crippen molar-refractivity contribution in [2.45, 2.75) is 13.1 Å². The number of carboxylic acid groups (broad SMARTS) is 2. The first kappa shape index (κ1) is 18.6. The molecule has 126 valence electrons. The van der Waals surface area contributed by atoms with Crippen molar-refractivity contribution >= 4 is 23.8 Å². The van der Waals surface area contributed by atoms with E-state index >= 15 is 0 Å². The smallest absolute Gasteiger partial charge is 0.328 e. The number of carbonyl (C=O) groups excluding carboxylic acids is 2. The van der Waals surface area contributed by atoms with Crippen molar-refractivity contribution < 1.29 is 29.4 Å². The summed E-state index contributed by atoms with van der Waals surface area (Å²) in [5.74, 6) is -3.43. The molecule has 0 bridgehead atoms. The minimum Gasteiger partial charge on any atom is -0.478 e. The molecule has 0 aliphatic rings. The quantitative estimate of drug-likeness (QED) is 0.503. The fraction of sp³-hybridized carbons (Fsp3) is 0.125. The van der Waals surface area contributed by atoms with Gasteiger partial charge in [0, 0.05) is 37.4 Å². The number of hydrogen-bond donors (Lipinski definition) is 4. The first-order valence-electron chi connectivity index (χ1n) is 6.82. The lowest BCUT2D eigenvalue weighted by atomic mass is 10.1. The van der Waals surface area contributed by atoms with Crippen LogP contribution in [0.15, 0.2) is 48.6 Å². The summed E-state index contributed by atoms with van der Waals surface area (Å²) in [7, 11) is 0. The van der Waals surface area contributed by atoms with Crippen LogP contribution in [-0.2, 0) is 32.3 Å². The van der Waals surface area contributed by atoms with Gasteiger partial charge in [-0.2, -0.15) is 0 Å². The number of carboxylic acids is 2. The molecule has 8 nitrogen and oxygen atoms in total. The molecule has 0 saturated carbocycles. The molecule has 0 aromatic heterocycles. The first-order chi connectivity index (χ1) is 11.4. The van der Waals surface area contributed by atoms with Gasteiger partial charge in [0.1, 0.15) is 0 Å². The molecule has 0 saturated heterocycles. The molecule has 0 aliphatic heterocycles. The van der Waals surface area contributed by atoms with Crippen molar-refractivity contribution in [1.29, 1.82) is 0 Å². The van der Waals surface area contributed by atoms with Crippen LogP contribution in [0.5, 0.6) is 0 Å². The van der Waals surface area contributed by atoms with Crippen LogP contribution >= 0.6 is 0 Å². The van der Waals surface area contributed by atoms with Crippen LogP contribution in [0.1, 0.15) is 11.1 Å². The summed E-state index contributed by atoms with van der Waals surface area (Å²) < 4.78 is 0. The first-order valence-corrected chi connectivity index (χ1v) is 6.82. The molecule has 8 heteroatoms. The Kier molecular flexibility index (Phi) is 7.43. The molecule has 1 rings (SSSR count). The third-order valence-corrected chi connectivity index (χ3v) is 2.71. The second kappa shape index (κ2) is 9.57. The lowest BCUT2D eigenvalue weighted by Gasteiger charge is -2.06. The average Bonchev–Trinajstić information content (AvgIpc) is 2.55. The van der Waals surface area contributed by atoms with Gasteiger partial charge in [0.05, 0.1) is 0 Å². The van der Waals surface area contributed by atoms with Crippen LogP contribution in [0.2, 0.25) is 0 Å². The second-order valence-corrected chi connectivity index (χ2v) is 4.60. The van der Waals surface area contributed by atoms with Gasteiger partial charge >= 0.3 is 11.9 Å². The Morgan fingerprint density at radius 2 is 1.04 bits per heavy atom. The van der Waals surface area contributed by atoms with Gasteiger partial charge in [-0.25, -0.2) is 9.59 Å². The number of hydrogen-bond acceptors (Lipinski definition) is 4. The molecule has 0 heterocycles. The minimum atomic E-state index is -1.20. The van der Waals surface area contributed by atoms with Gasteiger partial charge in [-0.1, -0.05) is 24.3 Å². The zero-order chi connectivity index (χ0) is 17.9. The van der Waals surface area contributed by atoms with Gasteiger partial charge in [-0.15, -0.1) is 0 Å². The number of carbonyl (C=O) groups is 4. The number of rotatable bonds is 8. The van der Waals surface area contributed by atoms with E-state index in [9.17, 15) is 19.2 Å². The lowest BCUT2D eigenvalue weighted by molar-refractivity contribution is -0.132. The topological polar surface area (TPSA) is 133 Å². The molecule has 0 unspecified atom stereocenters. The Hall–Kier alpha value is -3.42. The molecule has 24 heavy (non-hydrogen) atoms. The minimum absolute atomic E-state index is 0.233. The average molecular weight is 332 g/mol. The zero-order valence-electron chi connectivity index (χ0n) is 12.6. The summed E-state index contributed by atoms with van der Waals surface area (Å²) in [5.41, 5.74) is 1.60. The van der Waals surface area contributed by atoms with Gasteiger partial charge in [0.2, 0.25) is 11.8 Å². The number of aliphatic carboxylic acids is 2. The van der Waals surface area contributed by atoms with Crippen molar-refractivity contribution in [3.8, 4) is 0 Å². The van der Waals surface area contributed by atoms with Crippen LogP contribution in [0.3, 0.4) is 0 Å². The van der Waals surface area contributed by atoms with Gasteiger partial charge < -0.3 is 20.8 Å². The molecule has 1 aromatic carbocycles. The molecule has 1 aromatic rings. The zero-order valence-corrected chi connectivity index (χ0v) is 12.6. The molecule has 2 amide bonds. The van der Waals surface area contributed by atoms with Gasteiger partial charge in [0.25, 0.3) is 0 Å². The van der Waals surface area contributed by atoms with E-state index in [1.54, 1.807) is 24.3 Å². The Labute approximate surface area is 137 Å². The lowest BCUT2D eigenvalue weighted by Crippen LogP contribution is -2.21. The van der Waals surface area contributed by atoms with Crippen molar-refractivity contribution in [2.75, 3.05) is 0 Å². The highest BCUT2D eigenvalue weighted by molar-refractivity contribution is 5.94. The highest BCUT2D eigenvalue weighted by Gasteiger charge is 2.00. The Balaban J connectivity index is 2.43. The van der Waals surface area contributed by atoms with E-state index in [2.05, 4.69) is 10.6 Å². The molecule has 0 aliphatic carbocycles. The van der Waals surface area contributed by atoms with E-state index in [0.717, 1.165) is 35.4 Å². The number of amides is 2. The van der Waals surface area contributed by atoms with E-state index in [0.29, 0.717) is 0 Å². The predicted molar refractivity (Wildman–Crippen MR) is 83.7 cm³/mol. The van der Waals surface area contributed by atoms with E-state index in [1.165, 1.54) is 0 Å². The highest BCUT2D eigenvalue weighted by Crippen LogP contribution is 2.04. The van der Waals surface area contributed by atoms with Crippen LogP contribution in [0.25, 0.3) is 0 Å². The Morgan fingerprint density at radius 3 is 1.33 bits per heavy atom. The van der Waals surface area contributed by atoms with Crippen LogP contribution < -0.4 is 10.6 Å². The standard InChI is InChI=1S/C16H16N2O6/c19-13(5-7-15(21)22)17-9-11-1-2-12(4-3-11)10-18-14(20)6-8-16(23)24/h1-8H,9-10H2,(H,17,19)(H,18,20)(H,21,22)(H,23,24)/b7-5-,8-6-. The van der Waals surface area contributed by atoms with Crippen LogP contribution in [-0.4, -0.2) is 34.0 Å². The SMILES string of the molecule is O=C(O)/C=C\C(=O)NCc1ccc(CNC(=O)/C=C\C(=O)O)cc1. The third-order valence-electron chi connectivity index (χ3n) is 2.71. The summed E-state index contributed by atoms with van der Waals surface area (Å²) in [4.78, 5) is 43.2. The monoisotopic (exact) mass is 332 g/mol. The van der Waals surface area contributed by atoms with Crippen molar-refractivity contribution in [3.05, 3.63) is 59.7 Å². The molecule has 4 N–H and O–H groups in total. The van der Waals surface area contributed by atoms with Crippen molar-refractivity contribution in [1.82, 2.24) is 10.6 Å². The normalized spacial score (nSPS) is 10.7. The largest absolute Gasteiger partial charge is 0.478 e. The van der Waals surface area contributed by atoms with E-state index in [-0.39, 0.29) is 13.1 Å². The maximum absolute atomic E-state index is 11.3. The maximum Gasteiger partial charge on any atom is 0.328 e. The fourth-order valence-electron chi connectivity index (χ4n) is 1.57. The summed E-state index contributed by atoms with van der Waals surface area (Å²) in [6.07, 6.45) is 3.35. The number of nitrogens with one attached hydrogen (secondary N) is 2. The van der Waals surface area contributed by atoms with Gasteiger partial charge in [0.15, 0.2) is 0 Å². The maximum atomic E-state index is 11.3. The molecular weight excluding hydrogens is 316 g/mol. The van der Waals surface area contributed by atoms with E-state index in [1.807, 2.05) is 0 Å². The molecule has 0 spiro atoms. The predicted octanol–water partition coefficient (Wildman–Crippen LogP) is 0.201. The van der Waals surface area contributed by atoms with Crippen molar-refractivity contribution in [2.24, 2.45) is 0 Å². The van der Waals surface area contributed by atoms with E-state index in [4.69, 9.17) is 10.2 Å². The Bertz CT molecular complexity index is 617. The highest BCUT2D eigenvalue weighted by atomic mass is 16.4. The van der Waals surface area contributed by atoms with Gasteiger partial charge in [-0.05, 0) is 11.1 Å². The van der Waals surface area contributed by atoms with Gasteiger partial charge in [-0.3, -0.25) is 9.59 Å². The molecule has 0 fully saturated rings. The second-order valence-electron chi connectivity index (χ2n) is 4.60. The summed E-state index contributed by atoms with van der Waals surface area (Å²) >= 11 is 0. The summed E-state index contributed by atoms with van der Waals surface area (Å²) in [6.45, 7) is 0.466. The Morgan fingerprint density at radius 1 is 0.708 bits per heavy atom. The van der Waals surface area contributed by atoms with E-state index < -0.39 is 23.8 Å².